The fourth-order valence-electron chi connectivity index (χ4n) is 3.93. The second-order valence-electron chi connectivity index (χ2n) is 6.97. The Morgan fingerprint density at radius 2 is 1.19 bits per heavy atom. The van der Waals surface area contributed by atoms with Crippen LogP contribution in [0.25, 0.3) is 0 Å². The molecule has 0 saturated heterocycles. The van der Waals surface area contributed by atoms with Gasteiger partial charge in [0.05, 0.1) is 12.0 Å². The number of ether oxygens (including phenoxy) is 1. The van der Waals surface area contributed by atoms with Crippen LogP contribution < -0.4 is 26.0 Å². The van der Waals surface area contributed by atoms with Crippen molar-refractivity contribution in [2.45, 2.75) is 4.90 Å². The van der Waals surface area contributed by atoms with Crippen molar-refractivity contribution in [1.82, 2.24) is 0 Å². The van der Waals surface area contributed by atoms with Gasteiger partial charge in [0.15, 0.2) is 0 Å². The van der Waals surface area contributed by atoms with E-state index in [9.17, 15) is 13.0 Å². The molecular weight excluding hydrogens is 427 g/mol. The standard InChI is InChI=1S/C25H21O4PS/c1-29-20-11-10-16-23(19-20)30(21-12-4-2-5-13-21,22-14-6-3-7-15-22)24-17-8-9-18-25(24)31(26,27)28/h2-19H,1H3. The Bertz CT molecular complexity index is 1250. The van der Waals surface area contributed by atoms with Crippen molar-refractivity contribution in [2.75, 3.05) is 7.11 Å². The summed E-state index contributed by atoms with van der Waals surface area (Å²) in [5, 5.41) is 3.31. The van der Waals surface area contributed by atoms with E-state index in [2.05, 4.69) is 0 Å². The number of methoxy groups -OCH3 is 1. The highest BCUT2D eigenvalue weighted by Crippen LogP contribution is 2.55. The van der Waals surface area contributed by atoms with E-state index in [1.807, 2.05) is 84.9 Å². The molecule has 0 amide bonds. The highest BCUT2D eigenvalue weighted by atomic mass is 32.2. The van der Waals surface area contributed by atoms with Gasteiger partial charge in [-0.2, -0.15) is 0 Å². The summed E-state index contributed by atoms with van der Waals surface area (Å²) in [7, 11) is -5.85. The molecule has 4 aromatic carbocycles. The highest BCUT2D eigenvalue weighted by molar-refractivity contribution is 8.02. The summed E-state index contributed by atoms with van der Waals surface area (Å²) >= 11 is 0. The fraction of sp³-hybridized carbons (Fsp3) is 0.0400. The van der Waals surface area contributed by atoms with Crippen LogP contribution >= 0.6 is 7.26 Å². The van der Waals surface area contributed by atoms with Crippen LogP contribution in [-0.4, -0.2) is 20.1 Å². The Morgan fingerprint density at radius 1 is 0.677 bits per heavy atom. The van der Waals surface area contributed by atoms with Crippen LogP contribution in [0.1, 0.15) is 0 Å². The Hall–Kier alpha value is -2.98. The van der Waals surface area contributed by atoms with Crippen LogP contribution in [0.5, 0.6) is 5.75 Å². The summed E-state index contributed by atoms with van der Waals surface area (Å²) in [5.74, 6) is 0.663. The normalized spacial score (nSPS) is 11.8. The molecule has 6 heteroatoms. The average molecular weight is 448 g/mol. The monoisotopic (exact) mass is 448 g/mol. The largest absolute Gasteiger partial charge is 0.744 e. The van der Waals surface area contributed by atoms with E-state index in [1.54, 1.807) is 25.3 Å². The van der Waals surface area contributed by atoms with Gasteiger partial charge in [0, 0.05) is 6.07 Å². The molecule has 4 aromatic rings. The molecule has 0 aliphatic rings. The third-order valence-electron chi connectivity index (χ3n) is 5.22. The maximum absolute atomic E-state index is 12.4. The van der Waals surface area contributed by atoms with Gasteiger partial charge in [-0.05, 0) is 48.5 Å². The van der Waals surface area contributed by atoms with Gasteiger partial charge in [0.25, 0.3) is 0 Å². The van der Waals surface area contributed by atoms with Gasteiger partial charge in [0.2, 0.25) is 0 Å². The molecule has 0 aliphatic heterocycles. The lowest BCUT2D eigenvalue weighted by Crippen LogP contribution is -2.40. The summed E-state index contributed by atoms with van der Waals surface area (Å²) in [6.07, 6.45) is 0. The van der Waals surface area contributed by atoms with E-state index in [0.29, 0.717) is 11.1 Å². The minimum Gasteiger partial charge on any atom is -0.744 e. The second kappa shape index (κ2) is 8.64. The third-order valence-corrected chi connectivity index (χ3v) is 10.6. The number of hydrogen-bond donors (Lipinski definition) is 0. The van der Waals surface area contributed by atoms with E-state index >= 15 is 0 Å². The first-order valence-corrected chi connectivity index (χ1v) is 12.9. The lowest BCUT2D eigenvalue weighted by molar-refractivity contribution is 0.415. The van der Waals surface area contributed by atoms with Gasteiger partial charge in [0.1, 0.15) is 44.3 Å². The van der Waals surface area contributed by atoms with E-state index in [-0.39, 0.29) is 4.90 Å². The molecule has 0 N–H and O–H groups in total. The van der Waals surface area contributed by atoms with Crippen molar-refractivity contribution in [1.29, 1.82) is 0 Å². The average Bonchev–Trinajstić information content (AvgIpc) is 2.81. The van der Waals surface area contributed by atoms with Crippen molar-refractivity contribution in [3.8, 4) is 5.75 Å². The Kier molecular flexibility index (Phi) is 5.92. The van der Waals surface area contributed by atoms with Gasteiger partial charge < -0.3 is 9.29 Å². The predicted molar refractivity (Wildman–Crippen MR) is 126 cm³/mol. The molecule has 0 saturated carbocycles. The van der Waals surface area contributed by atoms with Crippen LogP contribution in [0, 0.1) is 0 Å². The summed E-state index contributed by atoms with van der Waals surface area (Å²) in [4.78, 5) is -0.196. The van der Waals surface area contributed by atoms with Crippen LogP contribution in [0.15, 0.2) is 114 Å². The molecule has 0 aromatic heterocycles. The molecule has 0 atom stereocenters. The molecule has 0 aliphatic carbocycles. The highest BCUT2D eigenvalue weighted by Gasteiger charge is 2.50. The molecular formula is C25H21O4PS. The molecule has 0 bridgehead atoms. The fourth-order valence-corrected chi connectivity index (χ4v) is 9.56. The number of rotatable bonds is 6. The summed E-state index contributed by atoms with van der Waals surface area (Å²) in [6.45, 7) is 0. The summed E-state index contributed by atoms with van der Waals surface area (Å²) < 4.78 is 42.6. The molecule has 0 spiro atoms. The van der Waals surface area contributed by atoms with Crippen LogP contribution in [0.3, 0.4) is 0 Å². The van der Waals surface area contributed by atoms with Crippen molar-refractivity contribution in [2.24, 2.45) is 0 Å². The Morgan fingerprint density at radius 3 is 1.74 bits per heavy atom. The lowest BCUT2D eigenvalue weighted by atomic mass is 10.3. The SMILES string of the molecule is COc1cccc([P+](c2ccccc2)(c2ccccc2)c2ccccc2S(=O)(=O)[O-])c1. The molecule has 0 fully saturated rings. The zero-order chi connectivity index (χ0) is 21.9. The lowest BCUT2D eigenvalue weighted by Gasteiger charge is -2.29. The minimum atomic E-state index is -4.71. The Balaban J connectivity index is 2.23. The quantitative estimate of drug-likeness (QED) is 0.336. The van der Waals surface area contributed by atoms with E-state index in [0.717, 1.165) is 15.9 Å². The van der Waals surface area contributed by atoms with Crippen molar-refractivity contribution >= 4 is 38.6 Å². The topological polar surface area (TPSA) is 66.4 Å². The third kappa shape index (κ3) is 3.88. The van der Waals surface area contributed by atoms with Crippen LogP contribution in [0.2, 0.25) is 0 Å². The van der Waals surface area contributed by atoms with E-state index < -0.39 is 17.4 Å². The first-order valence-electron chi connectivity index (χ1n) is 9.68. The zero-order valence-corrected chi connectivity index (χ0v) is 18.6. The van der Waals surface area contributed by atoms with E-state index in [1.165, 1.54) is 6.07 Å². The van der Waals surface area contributed by atoms with Crippen molar-refractivity contribution in [3.63, 3.8) is 0 Å². The number of benzene rings is 4. The van der Waals surface area contributed by atoms with Gasteiger partial charge in [-0.3, -0.25) is 0 Å². The number of hydrogen-bond acceptors (Lipinski definition) is 4. The summed E-state index contributed by atoms with van der Waals surface area (Å²) in [6, 6.07) is 33.7. The van der Waals surface area contributed by atoms with Gasteiger partial charge in [-0.1, -0.05) is 54.6 Å². The molecule has 4 nitrogen and oxygen atoms in total. The van der Waals surface area contributed by atoms with Crippen molar-refractivity contribution < 1.29 is 17.7 Å². The molecule has 0 heterocycles. The maximum atomic E-state index is 12.4. The van der Waals surface area contributed by atoms with Crippen molar-refractivity contribution in [3.05, 3.63) is 109 Å². The minimum absolute atomic E-state index is 0.196. The first-order chi connectivity index (χ1) is 15.0. The first kappa shape index (κ1) is 21.3. The van der Waals surface area contributed by atoms with E-state index in [4.69, 9.17) is 4.74 Å². The van der Waals surface area contributed by atoms with Crippen LogP contribution in [0.4, 0.5) is 0 Å². The molecule has 0 radical (unpaired) electrons. The molecule has 156 valence electrons. The molecule has 0 unspecified atom stereocenters. The van der Waals surface area contributed by atoms with Gasteiger partial charge >= 0.3 is 0 Å². The maximum Gasteiger partial charge on any atom is 0.145 e. The smallest absolute Gasteiger partial charge is 0.145 e. The second-order valence-corrected chi connectivity index (χ2v) is 11.7. The molecule has 31 heavy (non-hydrogen) atoms. The Labute approximate surface area is 183 Å². The van der Waals surface area contributed by atoms with Crippen LogP contribution in [-0.2, 0) is 10.1 Å². The zero-order valence-electron chi connectivity index (χ0n) is 16.9. The molecule has 4 rings (SSSR count). The van der Waals surface area contributed by atoms with Gasteiger partial charge in [-0.15, -0.1) is 0 Å². The predicted octanol–water partition coefficient (Wildman–Crippen LogP) is 3.22. The summed E-state index contributed by atoms with van der Waals surface area (Å²) in [5.41, 5.74) is 0. The van der Waals surface area contributed by atoms with Gasteiger partial charge in [-0.25, -0.2) is 8.42 Å².